The van der Waals surface area contributed by atoms with Crippen molar-refractivity contribution in [1.82, 2.24) is 9.88 Å². The number of benzene rings is 1. The van der Waals surface area contributed by atoms with Gasteiger partial charge >= 0.3 is 5.97 Å². The smallest absolute Gasteiger partial charge is 0.303 e. The maximum absolute atomic E-state index is 13.0. The van der Waals surface area contributed by atoms with Gasteiger partial charge in [0.2, 0.25) is 5.88 Å². The zero-order valence-electron chi connectivity index (χ0n) is 23.2. The number of piperidine rings is 1. The molecule has 2 aromatic rings. The minimum atomic E-state index is -0.839. The van der Waals surface area contributed by atoms with Crippen LogP contribution in [-0.2, 0) is 10.4 Å². The van der Waals surface area contributed by atoms with Crippen molar-refractivity contribution in [3.05, 3.63) is 105 Å². The first kappa shape index (κ1) is 29.1. The molecule has 41 heavy (non-hydrogen) atoms. The van der Waals surface area contributed by atoms with E-state index in [4.69, 9.17) is 21.4 Å². The first-order chi connectivity index (χ1) is 19.8. The number of aliphatic hydroxyl groups is 1. The first-order valence-electron chi connectivity index (χ1n) is 14.5. The molecule has 3 aliphatic rings. The van der Waals surface area contributed by atoms with Gasteiger partial charge in [-0.3, -0.25) is 9.59 Å². The summed E-state index contributed by atoms with van der Waals surface area (Å²) in [4.78, 5) is 29.3. The molecule has 1 fully saturated rings. The Morgan fingerprint density at radius 2 is 1.93 bits per heavy atom. The van der Waals surface area contributed by atoms with E-state index in [1.807, 2.05) is 36.4 Å². The average molecular weight is 577 g/mol. The van der Waals surface area contributed by atoms with Crippen LogP contribution < -0.4 is 10.2 Å². The van der Waals surface area contributed by atoms with Crippen molar-refractivity contribution in [2.45, 2.75) is 57.0 Å². The van der Waals surface area contributed by atoms with Gasteiger partial charge in [-0.15, -0.1) is 0 Å². The van der Waals surface area contributed by atoms with E-state index in [9.17, 15) is 14.7 Å². The van der Waals surface area contributed by atoms with Gasteiger partial charge < -0.3 is 24.8 Å². The number of unbranched alkanes of at least 4 members (excludes halogenated alkanes) is 2. The van der Waals surface area contributed by atoms with Gasteiger partial charge in [-0.1, -0.05) is 54.8 Å². The summed E-state index contributed by atoms with van der Waals surface area (Å²) in [6.07, 6.45) is 17.5. The van der Waals surface area contributed by atoms with Crippen molar-refractivity contribution in [3.8, 4) is 5.88 Å². The van der Waals surface area contributed by atoms with E-state index in [0.29, 0.717) is 35.7 Å². The third kappa shape index (κ3) is 7.10. The molecule has 1 atom stereocenters. The number of aliphatic carboxylic acids is 1. The number of H-pyrrole nitrogens is 1. The van der Waals surface area contributed by atoms with Crippen LogP contribution in [0.3, 0.4) is 0 Å². The second-order valence-electron chi connectivity index (χ2n) is 11.1. The highest BCUT2D eigenvalue weighted by atomic mass is 35.5. The SMILES string of the molecule is O=C(O)CCCCCC1C=CC=C2Oc3[nH]ccc(=O)c3C(=CCCN3CCC(O)(c4ccc(Cl)cc4)CC3)C=C21. The number of likely N-dealkylation sites (tertiary alicyclic amines) is 1. The third-order valence-electron chi connectivity index (χ3n) is 8.29. The average Bonchev–Trinajstić information content (AvgIpc) is 3.12. The second kappa shape index (κ2) is 13.1. The normalized spacial score (nSPS) is 20.8. The van der Waals surface area contributed by atoms with Crippen LogP contribution in [0.15, 0.2) is 83.0 Å². The third-order valence-corrected chi connectivity index (χ3v) is 8.54. The number of carboxylic acids is 1. The Kier molecular flexibility index (Phi) is 9.28. The molecule has 1 aromatic carbocycles. The number of pyridine rings is 1. The molecule has 7 nitrogen and oxygen atoms in total. The summed E-state index contributed by atoms with van der Waals surface area (Å²) < 4.78 is 6.25. The number of nitrogens with zero attached hydrogens (tertiary/aromatic N) is 1. The molecule has 1 aromatic heterocycles. The summed E-state index contributed by atoms with van der Waals surface area (Å²) in [6, 6.07) is 8.99. The van der Waals surface area contributed by atoms with Crippen LogP contribution in [0, 0.1) is 5.92 Å². The Hall–Kier alpha value is -3.39. The number of halogens is 1. The van der Waals surface area contributed by atoms with Crippen LogP contribution in [-0.4, -0.2) is 45.7 Å². The molecular formula is C33H37ClN2O5. The van der Waals surface area contributed by atoms with Gasteiger partial charge in [-0.25, -0.2) is 0 Å². The zero-order valence-corrected chi connectivity index (χ0v) is 23.9. The Morgan fingerprint density at radius 1 is 1.15 bits per heavy atom. The number of aromatic amines is 1. The minimum Gasteiger partial charge on any atom is -0.481 e. The fourth-order valence-corrected chi connectivity index (χ4v) is 6.05. The summed E-state index contributed by atoms with van der Waals surface area (Å²) in [5.74, 6) is 0.543. The molecular weight excluding hydrogens is 540 g/mol. The zero-order chi connectivity index (χ0) is 28.8. The number of aromatic nitrogens is 1. The molecule has 1 unspecified atom stereocenters. The molecule has 2 aliphatic heterocycles. The highest BCUT2D eigenvalue weighted by molar-refractivity contribution is 6.30. The lowest BCUT2D eigenvalue weighted by Gasteiger charge is -2.38. The molecule has 0 amide bonds. The van der Waals surface area contributed by atoms with Gasteiger partial charge in [-0.05, 0) is 67.5 Å². The van der Waals surface area contributed by atoms with Gasteiger partial charge in [-0.2, -0.15) is 0 Å². The number of ether oxygens (including phenoxy) is 1. The van der Waals surface area contributed by atoms with Crippen LogP contribution in [0.25, 0.3) is 5.57 Å². The summed E-state index contributed by atoms with van der Waals surface area (Å²) in [7, 11) is 0. The van der Waals surface area contributed by atoms with Crippen molar-refractivity contribution in [2.75, 3.05) is 19.6 Å². The molecule has 3 N–H and O–H groups in total. The molecule has 8 heteroatoms. The first-order valence-corrected chi connectivity index (χ1v) is 14.8. The van der Waals surface area contributed by atoms with E-state index in [1.54, 1.807) is 6.20 Å². The quantitative estimate of drug-likeness (QED) is 0.291. The lowest BCUT2D eigenvalue weighted by atomic mass is 9.84. The van der Waals surface area contributed by atoms with E-state index in [2.05, 4.69) is 28.1 Å². The summed E-state index contributed by atoms with van der Waals surface area (Å²) in [6.45, 7) is 2.39. The summed E-state index contributed by atoms with van der Waals surface area (Å²) in [5.41, 5.74) is 2.39. The van der Waals surface area contributed by atoms with Gasteiger partial charge in [0.05, 0.1) is 11.2 Å². The highest BCUT2D eigenvalue weighted by Gasteiger charge is 2.33. The molecule has 5 rings (SSSR count). The fraction of sp³-hybridized carbons (Fsp3) is 0.394. The monoisotopic (exact) mass is 576 g/mol. The number of rotatable bonds is 10. The number of hydrogen-bond acceptors (Lipinski definition) is 5. The van der Waals surface area contributed by atoms with Crippen LogP contribution in [0.4, 0.5) is 0 Å². The molecule has 1 saturated heterocycles. The maximum Gasteiger partial charge on any atom is 0.303 e. The van der Waals surface area contributed by atoms with Crippen molar-refractivity contribution >= 4 is 23.1 Å². The number of fused-ring (bicyclic) bond motifs is 2. The van der Waals surface area contributed by atoms with Crippen molar-refractivity contribution in [3.63, 3.8) is 0 Å². The van der Waals surface area contributed by atoms with Gasteiger partial charge in [0, 0.05) is 54.8 Å². The second-order valence-corrected chi connectivity index (χ2v) is 11.5. The van der Waals surface area contributed by atoms with E-state index < -0.39 is 11.6 Å². The number of carboxylic acid groups (broad SMARTS) is 1. The lowest BCUT2D eigenvalue weighted by molar-refractivity contribution is -0.137. The Morgan fingerprint density at radius 3 is 2.68 bits per heavy atom. The molecule has 0 spiro atoms. The Labute approximate surface area is 245 Å². The van der Waals surface area contributed by atoms with E-state index in [1.165, 1.54) is 6.07 Å². The predicted octanol–water partition coefficient (Wildman–Crippen LogP) is 6.21. The molecule has 216 valence electrons. The number of nitrogens with one attached hydrogen (secondary N) is 1. The van der Waals surface area contributed by atoms with Crippen molar-refractivity contribution in [1.29, 1.82) is 0 Å². The van der Waals surface area contributed by atoms with Gasteiger partial charge in [0.15, 0.2) is 5.43 Å². The largest absolute Gasteiger partial charge is 0.481 e. The molecule has 1 aliphatic carbocycles. The van der Waals surface area contributed by atoms with Crippen LogP contribution in [0.5, 0.6) is 5.88 Å². The topological polar surface area (TPSA) is 103 Å². The van der Waals surface area contributed by atoms with Gasteiger partial charge in [0.1, 0.15) is 5.76 Å². The molecule has 3 heterocycles. The molecule has 0 bridgehead atoms. The number of allylic oxidation sites excluding steroid dienone is 6. The fourth-order valence-electron chi connectivity index (χ4n) is 5.92. The standard InChI is InChI=1S/C33H37ClN2O5/c34-26-13-11-25(12-14-26)33(40)16-20-36(21-17-33)19-5-8-24-22-27-23(6-2-1-3-10-30(38)39)7-4-9-29(27)41-32-31(24)28(37)15-18-35-32/h4,7-9,11-15,18,22-23,40H,1-3,5-6,10,16-17,19-21H2,(H,35,37)(H,38,39). The van der Waals surface area contributed by atoms with E-state index >= 15 is 0 Å². The summed E-state index contributed by atoms with van der Waals surface area (Å²) >= 11 is 6.03. The van der Waals surface area contributed by atoms with Crippen LogP contribution in [0.2, 0.25) is 5.02 Å². The number of carbonyl (C=O) groups is 1. The van der Waals surface area contributed by atoms with Crippen molar-refractivity contribution in [2.24, 2.45) is 5.92 Å². The Bertz CT molecular complexity index is 1430. The molecule has 0 radical (unpaired) electrons. The minimum absolute atomic E-state index is 0.0923. The Balaban J connectivity index is 1.28. The highest BCUT2D eigenvalue weighted by Crippen LogP contribution is 2.38. The van der Waals surface area contributed by atoms with Crippen molar-refractivity contribution < 1.29 is 19.7 Å². The van der Waals surface area contributed by atoms with E-state index in [-0.39, 0.29) is 17.8 Å². The predicted molar refractivity (Wildman–Crippen MR) is 161 cm³/mol. The van der Waals surface area contributed by atoms with Crippen LogP contribution >= 0.6 is 11.6 Å². The van der Waals surface area contributed by atoms with Gasteiger partial charge in [0.25, 0.3) is 0 Å². The van der Waals surface area contributed by atoms with Crippen LogP contribution in [0.1, 0.15) is 62.5 Å². The van der Waals surface area contributed by atoms with E-state index in [0.717, 1.165) is 67.8 Å². The maximum atomic E-state index is 13.0. The summed E-state index contributed by atoms with van der Waals surface area (Å²) in [5, 5.41) is 20.8. The lowest BCUT2D eigenvalue weighted by Crippen LogP contribution is -2.42. The number of hydrogen-bond donors (Lipinski definition) is 3. The molecule has 0 saturated carbocycles.